The van der Waals surface area contributed by atoms with Crippen molar-refractivity contribution in [1.82, 2.24) is 10.5 Å². The maximum Gasteiger partial charge on any atom is 0.475 e. The third kappa shape index (κ3) is 5.88. The van der Waals surface area contributed by atoms with Crippen molar-refractivity contribution in [3.63, 3.8) is 0 Å². The molecule has 0 saturated carbocycles. The quantitative estimate of drug-likeness (QED) is 0.353. The Morgan fingerprint density at radius 2 is 2.07 bits per heavy atom. The fourth-order valence-corrected chi connectivity index (χ4v) is 2.95. The molecule has 0 unspecified atom stereocenters. The molecular formula is C20H22BFN3O5+. The SMILES string of the molecule is COc1cc(F)cc(C[C@H](NC(=O)CCc2c[n+](-c3ccccc3)on2)B(O)O)c1. The normalized spacial score (nSPS) is 11.7. The van der Waals surface area contributed by atoms with Crippen LogP contribution in [0, 0.1) is 5.82 Å². The van der Waals surface area contributed by atoms with Crippen molar-refractivity contribution in [3.8, 4) is 11.4 Å². The smallest absolute Gasteiger partial charge is 0.475 e. The number of aromatic nitrogens is 2. The van der Waals surface area contributed by atoms with Crippen molar-refractivity contribution < 1.29 is 33.3 Å². The monoisotopic (exact) mass is 414 g/mol. The molecule has 3 rings (SSSR count). The van der Waals surface area contributed by atoms with Crippen LogP contribution in [0.3, 0.4) is 0 Å². The van der Waals surface area contributed by atoms with Crippen molar-refractivity contribution in [2.24, 2.45) is 0 Å². The number of nitrogens with one attached hydrogen (secondary N) is 1. The standard InChI is InChI=1S/C20H21BFN3O5/c1-29-18-10-14(9-15(22)12-18)11-19(21(27)28)23-20(26)8-7-16-13-25(30-24-16)17-5-3-2-4-6-17/h2-6,9-10,12-13,19,27-28H,7-8,11H2,1H3/p+1/t19-/m0/s1. The Balaban J connectivity index is 1.57. The third-order valence-corrected chi connectivity index (χ3v) is 4.46. The van der Waals surface area contributed by atoms with E-state index in [1.807, 2.05) is 30.3 Å². The highest BCUT2D eigenvalue weighted by Crippen LogP contribution is 2.17. The Morgan fingerprint density at radius 1 is 1.30 bits per heavy atom. The van der Waals surface area contributed by atoms with Crippen LogP contribution >= 0.6 is 0 Å². The Kier molecular flexibility index (Phi) is 7.15. The van der Waals surface area contributed by atoms with Crippen LogP contribution in [0.2, 0.25) is 0 Å². The van der Waals surface area contributed by atoms with Gasteiger partial charge in [-0.05, 0) is 41.0 Å². The van der Waals surface area contributed by atoms with Crippen LogP contribution in [0.25, 0.3) is 5.69 Å². The van der Waals surface area contributed by atoms with Gasteiger partial charge in [-0.1, -0.05) is 22.8 Å². The van der Waals surface area contributed by atoms with Crippen LogP contribution < -0.4 is 14.8 Å². The number of halogens is 1. The van der Waals surface area contributed by atoms with Gasteiger partial charge in [-0.2, -0.15) is 0 Å². The number of para-hydroxylation sites is 1. The highest BCUT2D eigenvalue weighted by Gasteiger charge is 2.26. The van der Waals surface area contributed by atoms with E-state index in [0.717, 1.165) is 5.69 Å². The zero-order valence-corrected chi connectivity index (χ0v) is 16.4. The van der Waals surface area contributed by atoms with Gasteiger partial charge in [0.05, 0.1) is 13.1 Å². The molecule has 1 heterocycles. The summed E-state index contributed by atoms with van der Waals surface area (Å²) < 4.78 is 25.4. The van der Waals surface area contributed by atoms with Crippen molar-refractivity contribution in [3.05, 3.63) is 71.8 Å². The molecule has 0 aliphatic carbocycles. The van der Waals surface area contributed by atoms with Gasteiger partial charge in [0, 0.05) is 18.9 Å². The van der Waals surface area contributed by atoms with E-state index in [0.29, 0.717) is 23.4 Å². The van der Waals surface area contributed by atoms with Crippen molar-refractivity contribution in [1.29, 1.82) is 0 Å². The highest BCUT2D eigenvalue weighted by atomic mass is 19.1. The molecule has 0 spiro atoms. The summed E-state index contributed by atoms with van der Waals surface area (Å²) in [6.45, 7) is 0. The lowest BCUT2D eigenvalue weighted by atomic mass is 9.76. The topological polar surface area (TPSA) is 109 Å². The Morgan fingerprint density at radius 3 is 2.77 bits per heavy atom. The minimum absolute atomic E-state index is 0.0233. The maximum atomic E-state index is 13.7. The van der Waals surface area contributed by atoms with Gasteiger partial charge in [-0.3, -0.25) is 4.79 Å². The molecular weight excluding hydrogens is 392 g/mol. The molecule has 0 radical (unpaired) electrons. The number of methoxy groups -OCH3 is 1. The number of amides is 1. The molecule has 1 amide bonds. The number of ether oxygens (including phenoxy) is 1. The molecule has 0 bridgehead atoms. The minimum Gasteiger partial charge on any atom is -0.497 e. The second-order valence-electron chi connectivity index (χ2n) is 6.75. The zero-order chi connectivity index (χ0) is 21.5. The lowest BCUT2D eigenvalue weighted by molar-refractivity contribution is -0.794. The lowest BCUT2D eigenvalue weighted by Crippen LogP contribution is -2.48. The van der Waals surface area contributed by atoms with E-state index in [9.17, 15) is 19.2 Å². The molecule has 3 aromatic rings. The van der Waals surface area contributed by atoms with Crippen molar-refractivity contribution >= 4 is 13.0 Å². The largest absolute Gasteiger partial charge is 0.497 e. The number of hydrogen-bond acceptors (Lipinski definition) is 6. The second kappa shape index (κ2) is 9.99. The highest BCUT2D eigenvalue weighted by molar-refractivity contribution is 6.43. The van der Waals surface area contributed by atoms with E-state index in [1.54, 1.807) is 12.3 Å². The summed E-state index contributed by atoms with van der Waals surface area (Å²) in [7, 11) is -0.403. The van der Waals surface area contributed by atoms with Crippen LogP contribution in [-0.4, -0.2) is 41.3 Å². The third-order valence-electron chi connectivity index (χ3n) is 4.46. The Bertz CT molecular complexity index is 984. The minimum atomic E-state index is -1.81. The van der Waals surface area contributed by atoms with Gasteiger partial charge in [0.2, 0.25) is 11.6 Å². The Hall–Kier alpha value is -3.24. The van der Waals surface area contributed by atoms with Gasteiger partial charge in [0.15, 0.2) is 17.0 Å². The number of aryl methyl sites for hydroxylation is 1. The van der Waals surface area contributed by atoms with Crippen LogP contribution in [0.15, 0.2) is 59.4 Å². The van der Waals surface area contributed by atoms with Crippen LogP contribution in [0.1, 0.15) is 17.7 Å². The fraction of sp³-hybridized carbons (Fsp3) is 0.250. The molecule has 30 heavy (non-hydrogen) atoms. The lowest BCUT2D eigenvalue weighted by Gasteiger charge is -2.18. The summed E-state index contributed by atoms with van der Waals surface area (Å²) in [4.78, 5) is 12.3. The second-order valence-corrected chi connectivity index (χ2v) is 6.75. The predicted octanol–water partition coefficient (Wildman–Crippen LogP) is 0.771. The average Bonchev–Trinajstić information content (AvgIpc) is 3.21. The molecule has 0 fully saturated rings. The number of benzene rings is 2. The van der Waals surface area contributed by atoms with E-state index >= 15 is 0 Å². The predicted molar refractivity (Wildman–Crippen MR) is 105 cm³/mol. The molecule has 1 aromatic heterocycles. The molecule has 0 aliphatic heterocycles. The molecule has 3 N–H and O–H groups in total. The molecule has 2 aromatic carbocycles. The van der Waals surface area contributed by atoms with Gasteiger partial charge in [-0.15, -0.1) is 0 Å². The van der Waals surface area contributed by atoms with Crippen molar-refractivity contribution in [2.75, 3.05) is 7.11 Å². The summed E-state index contributed by atoms with van der Waals surface area (Å²) in [6.07, 6.45) is 2.07. The first kappa shape index (κ1) is 21.5. The van der Waals surface area contributed by atoms with Crippen LogP contribution in [0.5, 0.6) is 5.75 Å². The number of hydrogen-bond donors (Lipinski definition) is 3. The van der Waals surface area contributed by atoms with Gasteiger partial charge in [0.1, 0.15) is 11.6 Å². The molecule has 0 saturated heterocycles. The Labute approximate surface area is 173 Å². The number of carbonyl (C=O) groups is 1. The summed E-state index contributed by atoms with van der Waals surface area (Å²) in [5.41, 5.74) is 1.84. The molecule has 8 nitrogen and oxygen atoms in total. The van der Waals surface area contributed by atoms with E-state index in [4.69, 9.17) is 9.37 Å². The van der Waals surface area contributed by atoms with Gasteiger partial charge >= 0.3 is 7.12 Å². The van der Waals surface area contributed by atoms with E-state index < -0.39 is 24.8 Å². The average molecular weight is 414 g/mol. The molecule has 10 heteroatoms. The first-order valence-electron chi connectivity index (χ1n) is 9.36. The maximum absolute atomic E-state index is 13.7. The number of nitrogens with zero attached hydrogens (tertiary/aromatic N) is 2. The summed E-state index contributed by atoms with van der Waals surface area (Å²) >= 11 is 0. The number of carbonyl (C=O) groups excluding carboxylic acids is 1. The van der Waals surface area contributed by atoms with Gasteiger partial charge < -0.3 is 20.1 Å². The van der Waals surface area contributed by atoms with Gasteiger partial charge in [0.25, 0.3) is 0 Å². The van der Waals surface area contributed by atoms with Crippen LogP contribution in [0.4, 0.5) is 4.39 Å². The van der Waals surface area contributed by atoms with E-state index in [1.165, 1.54) is 24.0 Å². The summed E-state index contributed by atoms with van der Waals surface area (Å²) in [5, 5.41) is 25.7. The van der Waals surface area contributed by atoms with E-state index in [-0.39, 0.29) is 12.8 Å². The number of rotatable bonds is 9. The summed E-state index contributed by atoms with van der Waals surface area (Å²) in [6, 6.07) is 13.4. The van der Waals surface area contributed by atoms with E-state index in [2.05, 4.69) is 10.5 Å². The first-order chi connectivity index (χ1) is 14.4. The first-order valence-corrected chi connectivity index (χ1v) is 9.36. The van der Waals surface area contributed by atoms with Crippen molar-refractivity contribution in [2.45, 2.75) is 25.2 Å². The molecule has 156 valence electrons. The van der Waals surface area contributed by atoms with Gasteiger partial charge in [-0.25, -0.2) is 4.39 Å². The fourth-order valence-electron chi connectivity index (χ4n) is 2.95. The summed E-state index contributed by atoms with van der Waals surface area (Å²) in [5.74, 6) is -1.61. The molecule has 0 aliphatic rings. The molecule has 1 atom stereocenters. The zero-order valence-electron chi connectivity index (χ0n) is 16.4. The van der Waals surface area contributed by atoms with Crippen LogP contribution in [-0.2, 0) is 17.6 Å².